The molecule has 4 nitrogen and oxygen atoms in total. The average Bonchev–Trinajstić information content (AvgIpc) is 2.83. The minimum Gasteiger partial charge on any atom is -0.462 e. The van der Waals surface area contributed by atoms with E-state index >= 15 is 0 Å². The fourth-order valence-electron chi connectivity index (χ4n) is 1.80. The predicted molar refractivity (Wildman–Crippen MR) is 69.4 cm³/mol. The van der Waals surface area contributed by atoms with Crippen LogP contribution in [0.25, 0.3) is 5.69 Å². The lowest BCUT2D eigenvalue weighted by molar-refractivity contribution is 0.0514. The van der Waals surface area contributed by atoms with Gasteiger partial charge in [-0.05, 0) is 19.1 Å². The maximum Gasteiger partial charge on any atom is 0.341 e. The molecule has 0 amide bonds. The molecule has 1 heterocycles. The number of hydrogen-bond donors (Lipinski definition) is 0. The van der Waals surface area contributed by atoms with Gasteiger partial charge in [-0.3, -0.25) is 0 Å². The van der Waals surface area contributed by atoms with Crippen molar-refractivity contribution in [3.8, 4) is 5.69 Å². The maximum absolute atomic E-state index is 13.8. The number of hydrogen-bond acceptors (Lipinski definition) is 3. The standard InChI is InChI=1S/C13H10ClF3N2O2/c1-2-21-13(20)7-6-18-19(10(7)12(16)17)11-8(14)4-3-5-9(11)15/h3-6,12H,2H2,1H3. The van der Waals surface area contributed by atoms with E-state index in [0.717, 1.165) is 12.3 Å². The second-order valence-corrected chi connectivity index (χ2v) is 4.35. The highest BCUT2D eigenvalue weighted by Gasteiger charge is 2.28. The van der Waals surface area contributed by atoms with E-state index in [-0.39, 0.29) is 17.3 Å². The van der Waals surface area contributed by atoms with E-state index in [1.807, 2.05) is 0 Å². The van der Waals surface area contributed by atoms with Crippen molar-refractivity contribution in [3.05, 3.63) is 46.5 Å². The smallest absolute Gasteiger partial charge is 0.341 e. The van der Waals surface area contributed by atoms with Gasteiger partial charge in [0.1, 0.15) is 22.8 Å². The first-order valence-corrected chi connectivity index (χ1v) is 6.32. The number of carbonyl (C=O) groups is 1. The molecule has 21 heavy (non-hydrogen) atoms. The molecule has 0 spiro atoms. The Morgan fingerprint density at radius 2 is 2.19 bits per heavy atom. The molecule has 0 fully saturated rings. The first kappa shape index (κ1) is 15.4. The van der Waals surface area contributed by atoms with Crippen molar-refractivity contribution >= 4 is 17.6 Å². The molecule has 0 saturated carbocycles. The van der Waals surface area contributed by atoms with Crippen LogP contribution in [0.4, 0.5) is 13.2 Å². The highest BCUT2D eigenvalue weighted by atomic mass is 35.5. The quantitative estimate of drug-likeness (QED) is 0.806. The second-order valence-electron chi connectivity index (χ2n) is 3.95. The number of benzene rings is 1. The SMILES string of the molecule is CCOC(=O)c1cnn(-c2c(F)cccc2Cl)c1C(F)F. The van der Waals surface area contributed by atoms with Gasteiger partial charge in [0.2, 0.25) is 0 Å². The summed E-state index contributed by atoms with van der Waals surface area (Å²) < 4.78 is 45.6. The molecule has 0 saturated heterocycles. The topological polar surface area (TPSA) is 44.1 Å². The van der Waals surface area contributed by atoms with Gasteiger partial charge in [-0.2, -0.15) is 5.10 Å². The third-order valence-corrected chi connectivity index (χ3v) is 2.96. The van der Waals surface area contributed by atoms with E-state index in [1.165, 1.54) is 19.1 Å². The summed E-state index contributed by atoms with van der Waals surface area (Å²) in [6, 6.07) is 3.72. The van der Waals surface area contributed by atoms with Crippen molar-refractivity contribution in [2.24, 2.45) is 0 Å². The van der Waals surface area contributed by atoms with Crippen molar-refractivity contribution in [1.29, 1.82) is 0 Å². The van der Waals surface area contributed by atoms with Gasteiger partial charge in [-0.25, -0.2) is 22.6 Å². The van der Waals surface area contributed by atoms with Crippen molar-refractivity contribution < 1.29 is 22.7 Å². The highest BCUT2D eigenvalue weighted by Crippen LogP contribution is 2.30. The zero-order valence-electron chi connectivity index (χ0n) is 10.8. The molecule has 0 atom stereocenters. The minimum absolute atomic E-state index is 0.0210. The molecule has 0 aliphatic heterocycles. The number of halogens is 4. The molecule has 2 rings (SSSR count). The van der Waals surface area contributed by atoms with Crippen molar-refractivity contribution in [1.82, 2.24) is 9.78 Å². The van der Waals surface area contributed by atoms with Crippen LogP contribution in [0.5, 0.6) is 0 Å². The third-order valence-electron chi connectivity index (χ3n) is 2.66. The Hall–Kier alpha value is -2.02. The molecule has 8 heteroatoms. The monoisotopic (exact) mass is 318 g/mol. The molecule has 0 radical (unpaired) electrons. The number of para-hydroxylation sites is 1. The van der Waals surface area contributed by atoms with Gasteiger partial charge in [-0.15, -0.1) is 0 Å². The lowest BCUT2D eigenvalue weighted by Crippen LogP contribution is -2.11. The van der Waals surface area contributed by atoms with Crippen LogP contribution in [0.1, 0.15) is 29.4 Å². The maximum atomic E-state index is 13.8. The van der Waals surface area contributed by atoms with E-state index in [9.17, 15) is 18.0 Å². The molecule has 0 aliphatic rings. The zero-order chi connectivity index (χ0) is 15.6. The Kier molecular flexibility index (Phi) is 4.52. The normalized spacial score (nSPS) is 11.0. The van der Waals surface area contributed by atoms with E-state index in [1.54, 1.807) is 0 Å². The van der Waals surface area contributed by atoms with E-state index in [4.69, 9.17) is 11.6 Å². The minimum atomic E-state index is -3.05. The van der Waals surface area contributed by atoms with Gasteiger partial charge in [-0.1, -0.05) is 17.7 Å². The van der Waals surface area contributed by atoms with Crippen molar-refractivity contribution in [3.63, 3.8) is 0 Å². The van der Waals surface area contributed by atoms with Crippen LogP contribution in [0, 0.1) is 5.82 Å². The number of esters is 1. The van der Waals surface area contributed by atoms with Crippen molar-refractivity contribution in [2.75, 3.05) is 6.61 Å². The Bertz CT molecular complexity index is 653. The largest absolute Gasteiger partial charge is 0.462 e. The molecule has 0 bridgehead atoms. The summed E-state index contributed by atoms with van der Waals surface area (Å²) >= 11 is 5.83. The fourth-order valence-corrected chi connectivity index (χ4v) is 2.05. The van der Waals surface area contributed by atoms with Crippen LogP contribution < -0.4 is 0 Å². The van der Waals surface area contributed by atoms with Gasteiger partial charge in [0.25, 0.3) is 6.43 Å². The summed E-state index contributed by atoms with van der Waals surface area (Å²) in [6.07, 6.45) is -2.15. The number of aromatic nitrogens is 2. The molecule has 2 aromatic rings. The summed E-state index contributed by atoms with van der Waals surface area (Å²) in [7, 11) is 0. The van der Waals surface area contributed by atoms with Gasteiger partial charge < -0.3 is 4.74 Å². The van der Waals surface area contributed by atoms with Crippen LogP contribution in [0.15, 0.2) is 24.4 Å². The molecule has 1 aromatic carbocycles. The van der Waals surface area contributed by atoms with E-state index in [2.05, 4.69) is 9.84 Å². The second kappa shape index (κ2) is 6.17. The summed E-state index contributed by atoms with van der Waals surface area (Å²) in [5.41, 5.74) is -1.53. The molecule has 112 valence electrons. The molecular weight excluding hydrogens is 309 g/mol. The van der Waals surface area contributed by atoms with Crippen LogP contribution in [-0.2, 0) is 4.74 Å². The lowest BCUT2D eigenvalue weighted by atomic mass is 10.2. The van der Waals surface area contributed by atoms with Gasteiger partial charge in [0.05, 0.1) is 17.8 Å². The zero-order valence-corrected chi connectivity index (χ0v) is 11.6. The van der Waals surface area contributed by atoms with Crippen LogP contribution >= 0.6 is 11.6 Å². The fraction of sp³-hybridized carbons (Fsp3) is 0.231. The summed E-state index contributed by atoms with van der Waals surface area (Å²) in [5.74, 6) is -1.78. The lowest BCUT2D eigenvalue weighted by Gasteiger charge is -2.10. The van der Waals surface area contributed by atoms with E-state index in [0.29, 0.717) is 4.68 Å². The predicted octanol–water partition coefficient (Wildman–Crippen LogP) is 3.78. The number of nitrogens with zero attached hydrogens (tertiary/aromatic N) is 2. The summed E-state index contributed by atoms with van der Waals surface area (Å²) in [5, 5.41) is 3.54. The van der Waals surface area contributed by atoms with Gasteiger partial charge >= 0.3 is 5.97 Å². The Labute approximate surface area is 123 Å². The first-order valence-electron chi connectivity index (χ1n) is 5.95. The van der Waals surface area contributed by atoms with E-state index < -0.39 is 29.5 Å². The number of ether oxygens (including phenoxy) is 1. The Morgan fingerprint density at radius 3 is 2.76 bits per heavy atom. The molecule has 0 unspecified atom stereocenters. The molecule has 1 aromatic heterocycles. The number of alkyl halides is 2. The third kappa shape index (κ3) is 2.87. The number of rotatable bonds is 4. The molecule has 0 aliphatic carbocycles. The van der Waals surface area contributed by atoms with Gasteiger partial charge in [0, 0.05) is 0 Å². The van der Waals surface area contributed by atoms with Gasteiger partial charge in [0.15, 0.2) is 0 Å². The average molecular weight is 319 g/mol. The summed E-state index contributed by atoms with van der Waals surface area (Å²) in [4.78, 5) is 11.6. The van der Waals surface area contributed by atoms with Crippen LogP contribution in [0.3, 0.4) is 0 Å². The molecular formula is C13H10ClF3N2O2. The van der Waals surface area contributed by atoms with Crippen LogP contribution in [0.2, 0.25) is 5.02 Å². The Morgan fingerprint density at radius 1 is 1.48 bits per heavy atom. The Balaban J connectivity index is 2.63. The number of carbonyl (C=O) groups excluding carboxylic acids is 1. The first-order chi connectivity index (χ1) is 9.97. The molecule has 0 N–H and O–H groups in total. The highest BCUT2D eigenvalue weighted by molar-refractivity contribution is 6.32. The summed E-state index contributed by atoms with van der Waals surface area (Å²) in [6.45, 7) is 1.56. The van der Waals surface area contributed by atoms with Crippen molar-refractivity contribution in [2.45, 2.75) is 13.3 Å². The van der Waals surface area contributed by atoms with Crippen LogP contribution in [-0.4, -0.2) is 22.4 Å².